The number of hydrogen-bond donors (Lipinski definition) is 1. The first kappa shape index (κ1) is 16.3. The maximum atomic E-state index is 13.5. The SMILES string of the molecule is O=C(O)[C@H]1[C@@H](C(=O)N(Cc2ccncc2)C2CCCC2)[C@@H]2C=C[C@@H]1C2. The van der Waals surface area contributed by atoms with Gasteiger partial charge in [-0.3, -0.25) is 14.6 Å². The van der Waals surface area contributed by atoms with Gasteiger partial charge in [0.1, 0.15) is 0 Å². The van der Waals surface area contributed by atoms with Gasteiger partial charge < -0.3 is 10.0 Å². The lowest BCUT2D eigenvalue weighted by Gasteiger charge is -2.35. The topological polar surface area (TPSA) is 70.5 Å². The van der Waals surface area contributed by atoms with Crippen LogP contribution in [-0.2, 0) is 16.1 Å². The molecule has 1 heterocycles. The molecule has 0 unspecified atom stereocenters. The number of carboxylic acids is 1. The van der Waals surface area contributed by atoms with Crippen LogP contribution in [0.1, 0.15) is 37.7 Å². The fourth-order valence-electron chi connectivity index (χ4n) is 4.97. The molecule has 4 atom stereocenters. The summed E-state index contributed by atoms with van der Waals surface area (Å²) in [4.78, 5) is 31.3. The van der Waals surface area contributed by atoms with Gasteiger partial charge in [0, 0.05) is 25.0 Å². The summed E-state index contributed by atoms with van der Waals surface area (Å²) in [5, 5.41) is 9.68. The number of nitrogens with zero attached hydrogens (tertiary/aromatic N) is 2. The molecule has 1 aromatic rings. The third kappa shape index (κ3) is 2.96. The Labute approximate surface area is 147 Å². The molecule has 25 heavy (non-hydrogen) atoms. The van der Waals surface area contributed by atoms with Gasteiger partial charge in [-0.05, 0) is 48.8 Å². The molecule has 2 fully saturated rings. The molecule has 1 amide bonds. The lowest BCUT2D eigenvalue weighted by atomic mass is 9.81. The Kier molecular flexibility index (Phi) is 4.32. The van der Waals surface area contributed by atoms with Crippen molar-refractivity contribution in [1.82, 2.24) is 9.88 Å². The first-order valence-corrected chi connectivity index (χ1v) is 9.25. The Balaban J connectivity index is 1.61. The molecule has 132 valence electrons. The van der Waals surface area contributed by atoms with Crippen molar-refractivity contribution in [2.75, 3.05) is 0 Å². The lowest BCUT2D eigenvalue weighted by Crippen LogP contribution is -2.46. The molecule has 1 aromatic heterocycles. The number of amides is 1. The Morgan fingerprint density at radius 2 is 1.72 bits per heavy atom. The molecule has 0 spiro atoms. The molecule has 0 radical (unpaired) electrons. The Hall–Kier alpha value is -2.17. The smallest absolute Gasteiger partial charge is 0.307 e. The van der Waals surface area contributed by atoms with Crippen LogP contribution in [0.5, 0.6) is 0 Å². The monoisotopic (exact) mass is 340 g/mol. The standard InChI is InChI=1S/C20H24N2O3/c23-19(17-14-5-6-15(11-14)18(17)20(24)25)22(16-3-1-2-4-16)12-13-7-9-21-10-8-13/h5-10,14-18H,1-4,11-12H2,(H,24,25)/t14-,15-,17+,18-/m1/s1. The van der Waals surface area contributed by atoms with Crippen molar-refractivity contribution >= 4 is 11.9 Å². The van der Waals surface area contributed by atoms with Crippen LogP contribution in [-0.4, -0.2) is 32.9 Å². The first-order valence-electron chi connectivity index (χ1n) is 9.25. The summed E-state index contributed by atoms with van der Waals surface area (Å²) >= 11 is 0. The van der Waals surface area contributed by atoms with Crippen LogP contribution in [0.2, 0.25) is 0 Å². The zero-order chi connectivity index (χ0) is 17.4. The number of carbonyl (C=O) groups is 2. The van der Waals surface area contributed by atoms with Gasteiger partial charge in [-0.2, -0.15) is 0 Å². The van der Waals surface area contributed by atoms with Crippen LogP contribution in [0, 0.1) is 23.7 Å². The van der Waals surface area contributed by atoms with Gasteiger partial charge in [-0.15, -0.1) is 0 Å². The van der Waals surface area contributed by atoms with Crippen molar-refractivity contribution in [3.63, 3.8) is 0 Å². The number of allylic oxidation sites excluding steroid dienone is 2. The predicted octanol–water partition coefficient (Wildman–Crippen LogP) is 2.88. The predicted molar refractivity (Wildman–Crippen MR) is 92.4 cm³/mol. The maximum Gasteiger partial charge on any atom is 0.307 e. The minimum atomic E-state index is -0.828. The summed E-state index contributed by atoms with van der Waals surface area (Å²) in [5.41, 5.74) is 1.06. The highest BCUT2D eigenvalue weighted by molar-refractivity contribution is 5.87. The van der Waals surface area contributed by atoms with E-state index in [1.54, 1.807) is 12.4 Å². The van der Waals surface area contributed by atoms with Crippen LogP contribution < -0.4 is 0 Å². The van der Waals surface area contributed by atoms with Crippen LogP contribution >= 0.6 is 0 Å². The van der Waals surface area contributed by atoms with Gasteiger partial charge in [-0.1, -0.05) is 25.0 Å². The second-order valence-electron chi connectivity index (χ2n) is 7.60. The van der Waals surface area contributed by atoms with E-state index in [0.29, 0.717) is 6.54 Å². The van der Waals surface area contributed by atoms with Crippen molar-refractivity contribution in [3.8, 4) is 0 Å². The average molecular weight is 340 g/mol. The van der Waals surface area contributed by atoms with Crippen LogP contribution in [0.15, 0.2) is 36.7 Å². The van der Waals surface area contributed by atoms with E-state index in [4.69, 9.17) is 0 Å². The van der Waals surface area contributed by atoms with E-state index < -0.39 is 17.8 Å². The molecule has 0 saturated heterocycles. The second-order valence-corrected chi connectivity index (χ2v) is 7.60. The van der Waals surface area contributed by atoms with E-state index >= 15 is 0 Å². The summed E-state index contributed by atoms with van der Waals surface area (Å²) < 4.78 is 0. The molecule has 3 aliphatic carbocycles. The Morgan fingerprint density at radius 3 is 2.36 bits per heavy atom. The molecule has 2 saturated carbocycles. The van der Waals surface area contributed by atoms with Crippen LogP contribution in [0.4, 0.5) is 0 Å². The molecule has 4 rings (SSSR count). The van der Waals surface area contributed by atoms with E-state index in [1.807, 2.05) is 23.1 Å². The summed E-state index contributed by atoms with van der Waals surface area (Å²) in [7, 11) is 0. The fraction of sp³-hybridized carbons (Fsp3) is 0.550. The zero-order valence-corrected chi connectivity index (χ0v) is 14.3. The summed E-state index contributed by atoms with van der Waals surface area (Å²) in [5.74, 6) is -1.67. The zero-order valence-electron chi connectivity index (χ0n) is 14.3. The van der Waals surface area contributed by atoms with Crippen LogP contribution in [0.25, 0.3) is 0 Å². The number of rotatable bonds is 5. The third-order valence-electron chi connectivity index (χ3n) is 6.18. The number of carboxylic acid groups (broad SMARTS) is 1. The quantitative estimate of drug-likeness (QED) is 0.837. The van der Waals surface area contributed by atoms with Gasteiger partial charge in [-0.25, -0.2) is 0 Å². The van der Waals surface area contributed by atoms with Gasteiger partial charge in [0.25, 0.3) is 0 Å². The third-order valence-corrected chi connectivity index (χ3v) is 6.18. The Bertz CT molecular complexity index is 681. The molecule has 5 nitrogen and oxygen atoms in total. The number of pyridine rings is 1. The minimum absolute atomic E-state index is 0.0165. The summed E-state index contributed by atoms with van der Waals surface area (Å²) in [6.07, 6.45) is 12.7. The fourth-order valence-corrected chi connectivity index (χ4v) is 4.97. The molecule has 0 aliphatic heterocycles. The van der Waals surface area contributed by atoms with Gasteiger partial charge >= 0.3 is 5.97 Å². The molecule has 2 bridgehead atoms. The first-order chi connectivity index (χ1) is 12.1. The highest BCUT2D eigenvalue weighted by Crippen LogP contribution is 2.49. The molecular formula is C20H24N2O3. The van der Waals surface area contributed by atoms with Crippen molar-refractivity contribution in [1.29, 1.82) is 0 Å². The number of aromatic nitrogens is 1. The van der Waals surface area contributed by atoms with E-state index in [9.17, 15) is 14.7 Å². The molecule has 3 aliphatic rings. The average Bonchev–Trinajstić information content (AvgIpc) is 3.36. The number of hydrogen-bond acceptors (Lipinski definition) is 3. The number of carbonyl (C=O) groups excluding carboxylic acids is 1. The minimum Gasteiger partial charge on any atom is -0.481 e. The van der Waals surface area contributed by atoms with E-state index in [1.165, 1.54) is 0 Å². The highest BCUT2D eigenvalue weighted by Gasteiger charge is 2.53. The van der Waals surface area contributed by atoms with Crippen molar-refractivity contribution in [3.05, 3.63) is 42.2 Å². The molecule has 0 aromatic carbocycles. The van der Waals surface area contributed by atoms with Gasteiger partial charge in [0.05, 0.1) is 11.8 Å². The van der Waals surface area contributed by atoms with Crippen molar-refractivity contribution in [2.24, 2.45) is 23.7 Å². The molecular weight excluding hydrogens is 316 g/mol. The molecule has 1 N–H and O–H groups in total. The van der Waals surface area contributed by atoms with Gasteiger partial charge in [0.2, 0.25) is 5.91 Å². The lowest BCUT2D eigenvalue weighted by molar-refractivity contribution is -0.152. The summed E-state index contributed by atoms with van der Waals surface area (Å²) in [6.45, 7) is 0.552. The van der Waals surface area contributed by atoms with E-state index in [2.05, 4.69) is 11.1 Å². The normalized spacial score (nSPS) is 30.7. The summed E-state index contributed by atoms with van der Waals surface area (Å²) in [6, 6.07) is 4.10. The van der Waals surface area contributed by atoms with Gasteiger partial charge in [0.15, 0.2) is 0 Å². The van der Waals surface area contributed by atoms with Crippen molar-refractivity contribution in [2.45, 2.75) is 44.7 Å². The van der Waals surface area contributed by atoms with E-state index in [0.717, 1.165) is 37.7 Å². The maximum absolute atomic E-state index is 13.5. The number of fused-ring (bicyclic) bond motifs is 2. The highest BCUT2D eigenvalue weighted by atomic mass is 16.4. The largest absolute Gasteiger partial charge is 0.481 e. The number of aliphatic carboxylic acids is 1. The van der Waals surface area contributed by atoms with E-state index in [-0.39, 0.29) is 23.8 Å². The van der Waals surface area contributed by atoms with Crippen molar-refractivity contribution < 1.29 is 14.7 Å². The second kappa shape index (κ2) is 6.62. The molecule has 5 heteroatoms. The van der Waals surface area contributed by atoms with Crippen LogP contribution in [0.3, 0.4) is 0 Å². The Morgan fingerprint density at radius 1 is 1.08 bits per heavy atom.